The Hall–Kier alpha value is -1.46. The number of hydrogen-bond donors (Lipinski definition) is 1. The van der Waals surface area contributed by atoms with Crippen molar-refractivity contribution in [3.8, 4) is 0 Å². The van der Waals surface area contributed by atoms with Gasteiger partial charge in [0.25, 0.3) is 0 Å². The summed E-state index contributed by atoms with van der Waals surface area (Å²) >= 11 is 0. The normalized spacial score (nSPS) is 32.9. The van der Waals surface area contributed by atoms with Crippen molar-refractivity contribution in [2.24, 2.45) is 0 Å². The minimum atomic E-state index is -0.299. The predicted molar refractivity (Wildman–Crippen MR) is 77.0 cm³/mol. The van der Waals surface area contributed by atoms with E-state index in [1.165, 1.54) is 12.1 Å². The Kier molecular flexibility index (Phi) is 3.71. The van der Waals surface area contributed by atoms with Gasteiger partial charge in [-0.2, -0.15) is 0 Å². The molecule has 2 fully saturated rings. The second-order valence-corrected chi connectivity index (χ2v) is 6.21. The number of amides is 1. The third-order valence-corrected chi connectivity index (χ3v) is 4.34. The van der Waals surface area contributed by atoms with E-state index in [9.17, 15) is 9.18 Å². The highest BCUT2D eigenvalue weighted by atomic mass is 19.1. The number of hydrogen-bond acceptors (Lipinski definition) is 3. The van der Waals surface area contributed by atoms with Crippen LogP contribution in [0.25, 0.3) is 0 Å². The highest BCUT2D eigenvalue weighted by Crippen LogP contribution is 2.32. The fourth-order valence-electron chi connectivity index (χ4n) is 3.22. The summed E-state index contributed by atoms with van der Waals surface area (Å²) in [6.07, 6.45) is 1.68. The van der Waals surface area contributed by atoms with E-state index in [0.717, 1.165) is 25.0 Å². The third kappa shape index (κ3) is 2.80. The molecule has 2 saturated heterocycles. The minimum Gasteiger partial charge on any atom is -0.373 e. The number of carbonyl (C=O) groups excluding carboxylic acids is 1. The number of rotatable bonds is 3. The Morgan fingerprint density at radius 2 is 2.33 bits per heavy atom. The van der Waals surface area contributed by atoms with Gasteiger partial charge >= 0.3 is 0 Å². The molecule has 0 aliphatic carbocycles. The average molecular weight is 292 g/mol. The van der Waals surface area contributed by atoms with E-state index in [2.05, 4.69) is 5.32 Å². The molecule has 0 aromatic heterocycles. The van der Waals surface area contributed by atoms with Crippen molar-refractivity contribution in [2.75, 3.05) is 13.2 Å². The summed E-state index contributed by atoms with van der Waals surface area (Å²) in [7, 11) is 0. The number of benzene rings is 1. The van der Waals surface area contributed by atoms with Crippen LogP contribution < -0.4 is 5.32 Å². The van der Waals surface area contributed by atoms with Crippen LogP contribution in [0, 0.1) is 5.82 Å². The van der Waals surface area contributed by atoms with Crippen LogP contribution in [0.15, 0.2) is 24.3 Å². The van der Waals surface area contributed by atoms with Crippen molar-refractivity contribution in [3.63, 3.8) is 0 Å². The van der Waals surface area contributed by atoms with Gasteiger partial charge in [0.2, 0.25) is 5.91 Å². The van der Waals surface area contributed by atoms with Gasteiger partial charge in [-0.15, -0.1) is 0 Å². The summed E-state index contributed by atoms with van der Waals surface area (Å²) in [6, 6.07) is 6.15. The first kappa shape index (κ1) is 14.5. The van der Waals surface area contributed by atoms with Crippen LogP contribution in [0.4, 0.5) is 4.39 Å². The lowest BCUT2D eigenvalue weighted by Gasteiger charge is -2.33. The number of nitrogens with one attached hydrogen (secondary N) is 1. The molecule has 5 heteroatoms. The van der Waals surface area contributed by atoms with Crippen molar-refractivity contribution >= 4 is 5.91 Å². The quantitative estimate of drug-likeness (QED) is 0.929. The number of halogens is 1. The van der Waals surface area contributed by atoms with Gasteiger partial charge in [0.15, 0.2) is 0 Å². The summed E-state index contributed by atoms with van der Waals surface area (Å²) in [4.78, 5) is 14.2. The van der Waals surface area contributed by atoms with Crippen molar-refractivity contribution in [3.05, 3.63) is 35.6 Å². The second kappa shape index (κ2) is 5.39. The molecule has 4 nitrogen and oxygen atoms in total. The van der Waals surface area contributed by atoms with Gasteiger partial charge in [-0.25, -0.2) is 4.39 Å². The average Bonchev–Trinajstić information content (AvgIpc) is 2.98. The molecule has 1 aromatic rings. The first-order valence-corrected chi connectivity index (χ1v) is 7.44. The van der Waals surface area contributed by atoms with Crippen LogP contribution >= 0.6 is 0 Å². The molecule has 114 valence electrons. The molecule has 21 heavy (non-hydrogen) atoms. The molecule has 0 bridgehead atoms. The van der Waals surface area contributed by atoms with Gasteiger partial charge in [0.05, 0.1) is 18.2 Å². The van der Waals surface area contributed by atoms with E-state index in [-0.39, 0.29) is 29.5 Å². The second-order valence-electron chi connectivity index (χ2n) is 6.21. The van der Waals surface area contributed by atoms with E-state index in [4.69, 9.17) is 4.74 Å². The molecule has 3 unspecified atom stereocenters. The fourth-order valence-corrected chi connectivity index (χ4v) is 3.22. The lowest BCUT2D eigenvalue weighted by molar-refractivity contribution is -0.133. The first-order chi connectivity index (χ1) is 9.98. The molecule has 3 atom stereocenters. The number of nitrogens with zero attached hydrogens (tertiary/aromatic N) is 1. The van der Waals surface area contributed by atoms with Gasteiger partial charge in [0.1, 0.15) is 12.0 Å². The minimum absolute atomic E-state index is 0.0426. The molecule has 0 spiro atoms. The predicted octanol–water partition coefficient (Wildman–Crippen LogP) is 2.21. The van der Waals surface area contributed by atoms with Crippen LogP contribution in [0.2, 0.25) is 0 Å². The zero-order valence-electron chi connectivity index (χ0n) is 12.4. The topological polar surface area (TPSA) is 41.6 Å². The van der Waals surface area contributed by atoms with Gasteiger partial charge in [0, 0.05) is 6.61 Å². The lowest BCUT2D eigenvalue weighted by atomic mass is 10.0. The molecular weight excluding hydrogens is 271 g/mol. The van der Waals surface area contributed by atoms with Crippen LogP contribution in [0.3, 0.4) is 0 Å². The van der Waals surface area contributed by atoms with Crippen LogP contribution in [0.5, 0.6) is 0 Å². The van der Waals surface area contributed by atoms with Gasteiger partial charge in [-0.05, 0) is 44.4 Å². The van der Waals surface area contributed by atoms with Crippen LogP contribution in [0.1, 0.15) is 38.4 Å². The summed E-state index contributed by atoms with van der Waals surface area (Å²) in [5, 5.41) is 3.24. The van der Waals surface area contributed by atoms with E-state index in [1.54, 1.807) is 11.0 Å². The van der Waals surface area contributed by atoms with Crippen molar-refractivity contribution in [1.29, 1.82) is 0 Å². The number of carbonyl (C=O) groups is 1. The number of ether oxygens (including phenoxy) is 1. The Labute approximate surface area is 124 Å². The van der Waals surface area contributed by atoms with Gasteiger partial charge in [-0.1, -0.05) is 12.1 Å². The largest absolute Gasteiger partial charge is 0.373 e. The molecule has 2 aliphatic rings. The van der Waals surface area contributed by atoms with Crippen LogP contribution in [-0.2, 0) is 9.53 Å². The van der Waals surface area contributed by atoms with Gasteiger partial charge in [-0.3, -0.25) is 10.1 Å². The maximum absolute atomic E-state index is 13.5. The van der Waals surface area contributed by atoms with E-state index in [1.807, 2.05) is 19.9 Å². The van der Waals surface area contributed by atoms with Crippen molar-refractivity contribution in [2.45, 2.75) is 44.5 Å². The van der Waals surface area contributed by atoms with E-state index < -0.39 is 0 Å². The van der Waals surface area contributed by atoms with E-state index >= 15 is 0 Å². The molecule has 0 radical (unpaired) electrons. The summed E-state index contributed by atoms with van der Waals surface area (Å²) < 4.78 is 19.3. The highest BCUT2D eigenvalue weighted by molar-refractivity contribution is 5.84. The maximum Gasteiger partial charge on any atom is 0.241 e. The molecule has 2 heterocycles. The lowest BCUT2D eigenvalue weighted by Crippen LogP contribution is -2.43. The Morgan fingerprint density at radius 3 is 3.00 bits per heavy atom. The maximum atomic E-state index is 13.5. The fraction of sp³-hybridized carbons (Fsp3) is 0.562. The molecule has 2 aliphatic heterocycles. The SMILES string of the molecule is CC1NC(c2cccc(F)c2)N(CC2(C)CCCO2)C1=O. The molecule has 1 aromatic carbocycles. The zero-order valence-corrected chi connectivity index (χ0v) is 12.4. The molecule has 1 amide bonds. The summed E-state index contributed by atoms with van der Waals surface area (Å²) in [6.45, 7) is 5.15. The molecule has 1 N–H and O–H groups in total. The standard InChI is InChI=1S/C16H21FN2O2/c1-11-15(20)19(10-16(2)7-4-8-21-16)14(18-11)12-5-3-6-13(17)9-12/h3,5-6,9,11,14,18H,4,7-8,10H2,1-2H3. The Balaban J connectivity index is 1.86. The molecule has 3 rings (SSSR count). The highest BCUT2D eigenvalue weighted by Gasteiger charge is 2.42. The third-order valence-electron chi connectivity index (χ3n) is 4.34. The summed E-state index contributed by atoms with van der Waals surface area (Å²) in [5.41, 5.74) is 0.474. The van der Waals surface area contributed by atoms with Crippen LogP contribution in [-0.4, -0.2) is 35.6 Å². The van der Waals surface area contributed by atoms with Crippen molar-refractivity contribution < 1.29 is 13.9 Å². The first-order valence-electron chi connectivity index (χ1n) is 7.44. The molecular formula is C16H21FN2O2. The summed E-state index contributed by atoms with van der Waals surface area (Å²) in [5.74, 6) is -0.245. The zero-order chi connectivity index (χ0) is 15.0. The Bertz CT molecular complexity index is 543. The van der Waals surface area contributed by atoms with Crippen molar-refractivity contribution in [1.82, 2.24) is 10.2 Å². The molecule has 0 saturated carbocycles. The van der Waals surface area contributed by atoms with E-state index in [0.29, 0.717) is 6.54 Å². The van der Waals surface area contributed by atoms with Gasteiger partial charge < -0.3 is 9.64 Å². The Morgan fingerprint density at radius 1 is 1.52 bits per heavy atom. The smallest absolute Gasteiger partial charge is 0.241 e. The monoisotopic (exact) mass is 292 g/mol.